The van der Waals surface area contributed by atoms with Gasteiger partial charge in [-0.1, -0.05) is 315 Å². The zero-order chi connectivity index (χ0) is 82.0. The van der Waals surface area contributed by atoms with E-state index in [1.54, 1.807) is 0 Å². The Morgan fingerprint density at radius 1 is 0.121 bits per heavy atom. The van der Waals surface area contributed by atoms with Crippen molar-refractivity contribution in [1.29, 1.82) is 0 Å². The fourth-order valence-corrected chi connectivity index (χ4v) is 18.3. The van der Waals surface area contributed by atoms with Crippen LogP contribution in [0.5, 0.6) is 0 Å². The molecule has 6 aromatic heterocycles. The van der Waals surface area contributed by atoms with Crippen LogP contribution in [0.3, 0.4) is 0 Å². The lowest BCUT2D eigenvalue weighted by Gasteiger charge is -2.13. The number of fused-ring (bicyclic) bond motifs is 12. The van der Waals surface area contributed by atoms with Crippen molar-refractivity contribution < 1.29 is 0 Å². The van der Waals surface area contributed by atoms with Crippen molar-refractivity contribution in [3.63, 3.8) is 0 Å². The predicted molar refractivity (Wildman–Crippen MR) is 516 cm³/mol. The van der Waals surface area contributed by atoms with E-state index in [9.17, 15) is 0 Å². The molecule has 580 valence electrons. The highest BCUT2D eigenvalue weighted by Gasteiger charge is 2.22. The van der Waals surface area contributed by atoms with Crippen molar-refractivity contribution in [2.45, 2.75) is 0 Å². The van der Waals surface area contributed by atoms with Gasteiger partial charge in [0.2, 0.25) is 0 Å². The van der Waals surface area contributed by atoms with Crippen LogP contribution in [-0.2, 0) is 0 Å². The molecule has 0 fully saturated rings. The van der Waals surface area contributed by atoms with Gasteiger partial charge in [0.25, 0.3) is 0 Å². The first-order chi connectivity index (χ1) is 61.5. The van der Waals surface area contributed by atoms with Gasteiger partial charge in [-0.15, -0.1) is 0 Å². The van der Waals surface area contributed by atoms with Crippen LogP contribution < -0.4 is 0 Å². The fraction of sp³-hybridized carbons (Fsp3) is 0. The number of para-hydroxylation sites is 4. The zero-order valence-corrected chi connectivity index (χ0v) is 67.5. The predicted octanol–water partition coefficient (Wildman–Crippen LogP) is 30.0. The Morgan fingerprint density at radius 3 is 0.694 bits per heavy atom. The largest absolute Gasteiger partial charge is 0.309 e. The Hall–Kier alpha value is -16.7. The normalized spacial score (nSPS) is 11.5. The van der Waals surface area contributed by atoms with E-state index in [1.807, 2.05) is 60.7 Å². The van der Waals surface area contributed by atoms with E-state index >= 15 is 0 Å². The molecule has 0 amide bonds. The quantitative estimate of drug-likeness (QED) is 0.109. The molecule has 0 N–H and O–H groups in total. The van der Waals surface area contributed by atoms with Crippen molar-refractivity contribution in [1.82, 2.24) is 38.2 Å². The molecule has 0 radical (unpaired) electrons. The first kappa shape index (κ1) is 72.5. The average Bonchev–Trinajstić information content (AvgIpc) is 1.59. The summed E-state index contributed by atoms with van der Waals surface area (Å²) in [5.41, 5.74) is 32.7. The maximum atomic E-state index is 5.25. The average molecular weight is 1580 g/mol. The molecule has 24 aromatic rings. The first-order valence-corrected chi connectivity index (χ1v) is 42.1. The van der Waals surface area contributed by atoms with Crippen molar-refractivity contribution >= 4 is 87.2 Å². The van der Waals surface area contributed by atoms with E-state index in [1.165, 1.54) is 126 Å². The van der Waals surface area contributed by atoms with Gasteiger partial charge in [-0.05, 0) is 201 Å². The Kier molecular flexibility index (Phi) is 18.1. The summed E-state index contributed by atoms with van der Waals surface area (Å²) in [5, 5.41) is 9.82. The van der Waals surface area contributed by atoms with E-state index in [4.69, 9.17) is 19.9 Å². The number of pyridine rings is 1. The smallest absolute Gasteiger partial charge is 0.164 e. The minimum Gasteiger partial charge on any atom is -0.309 e. The summed E-state index contributed by atoms with van der Waals surface area (Å²) >= 11 is 0. The lowest BCUT2D eigenvalue weighted by atomic mass is 10.00. The summed E-state index contributed by atoms with van der Waals surface area (Å²) < 4.78 is 9.54. The van der Waals surface area contributed by atoms with E-state index in [0.29, 0.717) is 17.5 Å². The van der Waals surface area contributed by atoms with Crippen molar-refractivity contribution in [2.75, 3.05) is 0 Å². The molecule has 124 heavy (non-hydrogen) atoms. The van der Waals surface area contributed by atoms with Gasteiger partial charge in [-0.2, -0.15) is 0 Å². The molecule has 0 aliphatic heterocycles. The summed E-state index contributed by atoms with van der Waals surface area (Å²) in [7, 11) is 0. The van der Waals surface area contributed by atoms with Gasteiger partial charge in [-0.3, -0.25) is 0 Å². The van der Waals surface area contributed by atoms with Crippen LogP contribution in [0.25, 0.3) is 222 Å². The molecule has 8 nitrogen and oxygen atoms in total. The topological polar surface area (TPSA) is 71.3 Å². The maximum Gasteiger partial charge on any atom is 0.164 e. The van der Waals surface area contributed by atoms with Crippen LogP contribution in [0, 0.1) is 0 Å². The third kappa shape index (κ3) is 13.1. The molecule has 6 heterocycles. The van der Waals surface area contributed by atoms with Crippen molar-refractivity contribution in [3.8, 4) is 135 Å². The Bertz CT molecular complexity index is 8040. The third-order valence-electron chi connectivity index (χ3n) is 24.3. The number of hydrogen-bond acceptors (Lipinski definition) is 4. The van der Waals surface area contributed by atoms with Crippen LogP contribution in [0.2, 0.25) is 0 Å². The molecule has 0 aliphatic carbocycles. The number of benzene rings is 18. The molecule has 24 rings (SSSR count). The van der Waals surface area contributed by atoms with Gasteiger partial charge in [0.15, 0.2) is 17.5 Å². The summed E-state index contributed by atoms with van der Waals surface area (Å²) in [6, 6.07) is 165. The van der Waals surface area contributed by atoms with Gasteiger partial charge < -0.3 is 18.3 Å². The molecule has 0 saturated carbocycles. The molecular weight excluding hydrogens is 1510 g/mol. The molecule has 0 saturated heterocycles. The number of rotatable bonds is 14. The molecule has 18 aromatic carbocycles. The molecule has 0 atom stereocenters. The zero-order valence-electron chi connectivity index (χ0n) is 67.5. The molecule has 0 aliphatic rings. The minimum absolute atomic E-state index is 0.636. The fourth-order valence-electron chi connectivity index (χ4n) is 18.3. The standard InChI is InChI=1S/C59H39N3.C57H37N5/c1-4-15-40(16-5-1)42-27-31-48(32-28-42)61-56-25-12-10-23-50(56)52-36-44(29-33-58(52)61)45-30-34-59-53(37-45)51-24-11-13-26-57(51)62(59)49-22-14-21-46(35-49)55-39-47(41-17-6-2-7-18-41)38-54(60-55)43-19-8-3-9-20-43;1-4-14-38(15-5-1)39-24-30-45(31-25-39)61-51-22-12-10-20-47(51)49-36-43(28-34-53(49)61)44-29-35-54-50(37-44)48-21-11-13-23-52(48)62(54)46-32-26-42(27-33-46)57-59-55(40-16-6-2-7-17-40)58-56(60-57)41-18-8-3-9-19-41/h1-39H;1-37H. The van der Waals surface area contributed by atoms with Gasteiger partial charge >= 0.3 is 0 Å². The summed E-state index contributed by atoms with van der Waals surface area (Å²) in [5.74, 6) is 1.93. The Balaban J connectivity index is 0.000000143. The molecular formula is C116H76N8. The summed E-state index contributed by atoms with van der Waals surface area (Å²) in [6.07, 6.45) is 0. The van der Waals surface area contributed by atoms with Gasteiger partial charge in [0, 0.05) is 93.7 Å². The Labute approximate surface area is 716 Å². The van der Waals surface area contributed by atoms with Gasteiger partial charge in [0.1, 0.15) is 0 Å². The van der Waals surface area contributed by atoms with Gasteiger partial charge in [0.05, 0.1) is 55.5 Å². The van der Waals surface area contributed by atoms with Crippen molar-refractivity contribution in [3.05, 3.63) is 461 Å². The summed E-state index contributed by atoms with van der Waals surface area (Å²) in [4.78, 5) is 20.1. The third-order valence-corrected chi connectivity index (χ3v) is 24.3. The number of nitrogens with zero attached hydrogens (tertiary/aromatic N) is 8. The number of aromatic nitrogens is 8. The second kappa shape index (κ2) is 30.9. The SMILES string of the molecule is c1ccc(-c2ccc(-n3c4ccccc4c4cc(-c5ccc6c(c5)c5ccccc5n6-c5ccc(-c6nc(-c7ccccc7)nc(-c7ccccc7)n6)cc5)ccc43)cc2)cc1.c1ccc(-c2ccc(-n3c4ccccc4c4cc(-c5ccc6c(c5)c5ccccc5n6-c5cccc(-c6cc(-c7ccccc7)cc(-c7ccccc7)n6)c5)ccc43)cc2)cc1. The molecule has 0 spiro atoms. The van der Waals surface area contributed by atoms with Crippen LogP contribution in [0.4, 0.5) is 0 Å². The molecule has 8 heteroatoms. The van der Waals surface area contributed by atoms with E-state index in [-0.39, 0.29) is 0 Å². The van der Waals surface area contributed by atoms with Crippen molar-refractivity contribution in [2.24, 2.45) is 0 Å². The van der Waals surface area contributed by atoms with Gasteiger partial charge in [-0.25, -0.2) is 19.9 Å². The monoisotopic (exact) mass is 1580 g/mol. The highest BCUT2D eigenvalue weighted by molar-refractivity contribution is 6.15. The summed E-state index contributed by atoms with van der Waals surface area (Å²) in [6.45, 7) is 0. The van der Waals surface area contributed by atoms with Crippen LogP contribution >= 0.6 is 0 Å². The highest BCUT2D eigenvalue weighted by atomic mass is 15.0. The highest BCUT2D eigenvalue weighted by Crippen LogP contribution is 2.44. The van der Waals surface area contributed by atoms with E-state index in [0.717, 1.165) is 78.6 Å². The molecule has 0 bridgehead atoms. The van der Waals surface area contributed by atoms with Crippen LogP contribution in [0.1, 0.15) is 0 Å². The molecule has 0 unspecified atom stereocenters. The van der Waals surface area contributed by atoms with Crippen LogP contribution in [0.15, 0.2) is 461 Å². The lowest BCUT2D eigenvalue weighted by Crippen LogP contribution is -2.00. The first-order valence-electron chi connectivity index (χ1n) is 42.1. The van der Waals surface area contributed by atoms with E-state index in [2.05, 4.69) is 419 Å². The minimum atomic E-state index is 0.636. The Morgan fingerprint density at radius 2 is 0.355 bits per heavy atom. The number of hydrogen-bond donors (Lipinski definition) is 0. The lowest BCUT2D eigenvalue weighted by molar-refractivity contribution is 1.07. The second-order valence-electron chi connectivity index (χ2n) is 31.7. The second-order valence-corrected chi connectivity index (χ2v) is 31.7. The van der Waals surface area contributed by atoms with E-state index < -0.39 is 0 Å². The van der Waals surface area contributed by atoms with Crippen LogP contribution in [-0.4, -0.2) is 38.2 Å². The maximum absolute atomic E-state index is 5.25.